The molecule has 4 heteroatoms. The highest BCUT2D eigenvalue weighted by Crippen LogP contribution is 2.36. The number of ketones is 1. The van der Waals surface area contributed by atoms with Crippen molar-refractivity contribution in [3.8, 4) is 16.9 Å². The predicted octanol–water partition coefficient (Wildman–Crippen LogP) is 5.33. The van der Waals surface area contributed by atoms with Crippen LogP contribution in [-0.2, 0) is 11.2 Å². The first-order chi connectivity index (χ1) is 14.5. The molecule has 0 aromatic heterocycles. The number of benzene rings is 3. The smallest absolute Gasteiger partial charge is 0.338 e. The number of ether oxygens (including phenoxy) is 2. The number of Topliss-reactive ketones (excluding diaryl/α,β-unsaturated/α-hetero) is 1. The highest BCUT2D eigenvalue weighted by atomic mass is 16.5. The van der Waals surface area contributed by atoms with Crippen molar-refractivity contribution in [3.63, 3.8) is 0 Å². The number of hydrogen-bond donors (Lipinski definition) is 0. The number of rotatable bonds is 7. The van der Waals surface area contributed by atoms with Gasteiger partial charge in [0, 0.05) is 5.56 Å². The molecule has 3 aromatic carbocycles. The van der Waals surface area contributed by atoms with E-state index in [1.54, 1.807) is 24.3 Å². The lowest BCUT2D eigenvalue weighted by atomic mass is 10.0. The van der Waals surface area contributed by atoms with Gasteiger partial charge < -0.3 is 9.47 Å². The Morgan fingerprint density at radius 1 is 0.867 bits per heavy atom. The lowest BCUT2D eigenvalue weighted by molar-refractivity contribution is 0.0474. The predicted molar refractivity (Wildman–Crippen MR) is 116 cm³/mol. The summed E-state index contributed by atoms with van der Waals surface area (Å²) < 4.78 is 10.9. The zero-order valence-electron chi connectivity index (χ0n) is 17.2. The number of hydrogen-bond acceptors (Lipinski definition) is 4. The Morgan fingerprint density at radius 2 is 1.57 bits per heavy atom. The summed E-state index contributed by atoms with van der Waals surface area (Å²) in [5.41, 5.74) is 5.67. The molecule has 0 bridgehead atoms. The van der Waals surface area contributed by atoms with Gasteiger partial charge >= 0.3 is 5.97 Å². The molecule has 0 amide bonds. The van der Waals surface area contributed by atoms with Crippen LogP contribution < -0.4 is 4.74 Å². The maximum atomic E-state index is 12.6. The van der Waals surface area contributed by atoms with Crippen LogP contribution in [0.25, 0.3) is 11.1 Å². The van der Waals surface area contributed by atoms with E-state index >= 15 is 0 Å². The molecule has 0 aliphatic heterocycles. The van der Waals surface area contributed by atoms with Gasteiger partial charge in [0.05, 0.1) is 12.2 Å². The quantitative estimate of drug-likeness (QED) is 0.311. The molecule has 0 N–H and O–H groups in total. The third-order valence-electron chi connectivity index (χ3n) is 5.13. The monoisotopic (exact) mass is 400 g/mol. The van der Waals surface area contributed by atoms with E-state index in [0.29, 0.717) is 29.4 Å². The number of fused-ring (bicyclic) bond motifs is 3. The highest BCUT2D eigenvalue weighted by molar-refractivity contribution is 6.00. The highest BCUT2D eigenvalue weighted by Gasteiger charge is 2.20. The molecule has 4 rings (SSSR count). The molecule has 0 atom stereocenters. The van der Waals surface area contributed by atoms with Crippen molar-refractivity contribution in [2.45, 2.75) is 20.3 Å². The molecule has 0 spiro atoms. The Balaban J connectivity index is 1.38. The van der Waals surface area contributed by atoms with Crippen molar-refractivity contribution < 1.29 is 19.1 Å². The van der Waals surface area contributed by atoms with Crippen molar-refractivity contribution in [1.82, 2.24) is 0 Å². The SMILES string of the molecule is CC(C)COc1ccc(C(=O)OCC(=O)c2ccc3c(c2)-c2ccccc2C3)cc1. The lowest BCUT2D eigenvalue weighted by Crippen LogP contribution is -2.14. The van der Waals surface area contributed by atoms with Crippen LogP contribution in [-0.4, -0.2) is 25.0 Å². The van der Waals surface area contributed by atoms with Gasteiger partial charge in [-0.05, 0) is 64.9 Å². The summed E-state index contributed by atoms with van der Waals surface area (Å²) in [7, 11) is 0. The molecule has 3 aromatic rings. The first kappa shape index (κ1) is 19.9. The van der Waals surface area contributed by atoms with E-state index in [1.807, 2.05) is 30.3 Å². The minimum atomic E-state index is -0.523. The van der Waals surface area contributed by atoms with Gasteiger partial charge in [-0.2, -0.15) is 0 Å². The second-order valence-electron chi connectivity index (χ2n) is 7.93. The van der Waals surface area contributed by atoms with Crippen molar-refractivity contribution >= 4 is 11.8 Å². The summed E-state index contributed by atoms with van der Waals surface area (Å²) in [6.07, 6.45) is 0.881. The molecule has 4 nitrogen and oxygen atoms in total. The van der Waals surface area contributed by atoms with Crippen LogP contribution in [0.3, 0.4) is 0 Å². The molecule has 0 saturated heterocycles. The number of carbonyl (C=O) groups excluding carboxylic acids is 2. The fourth-order valence-electron chi connectivity index (χ4n) is 3.55. The van der Waals surface area contributed by atoms with Crippen LogP contribution >= 0.6 is 0 Å². The van der Waals surface area contributed by atoms with Gasteiger partial charge in [0.15, 0.2) is 12.4 Å². The second-order valence-corrected chi connectivity index (χ2v) is 7.93. The lowest BCUT2D eigenvalue weighted by Gasteiger charge is -2.09. The molecule has 1 aliphatic carbocycles. The average Bonchev–Trinajstić information content (AvgIpc) is 3.14. The van der Waals surface area contributed by atoms with Crippen LogP contribution in [0.1, 0.15) is 45.7 Å². The topological polar surface area (TPSA) is 52.6 Å². The molecule has 0 heterocycles. The van der Waals surface area contributed by atoms with Gasteiger partial charge in [0.1, 0.15) is 5.75 Å². The fraction of sp³-hybridized carbons (Fsp3) is 0.231. The van der Waals surface area contributed by atoms with E-state index in [-0.39, 0.29) is 12.4 Å². The third kappa shape index (κ3) is 4.28. The Morgan fingerprint density at radius 3 is 2.33 bits per heavy atom. The van der Waals surface area contributed by atoms with E-state index in [9.17, 15) is 9.59 Å². The van der Waals surface area contributed by atoms with Crippen LogP contribution in [0.4, 0.5) is 0 Å². The summed E-state index contributed by atoms with van der Waals surface area (Å²) in [6, 6.07) is 20.7. The first-order valence-corrected chi connectivity index (χ1v) is 10.2. The molecule has 1 aliphatic rings. The minimum absolute atomic E-state index is 0.215. The average molecular weight is 400 g/mol. The van der Waals surface area contributed by atoms with Crippen molar-refractivity contribution in [3.05, 3.63) is 89.0 Å². The maximum Gasteiger partial charge on any atom is 0.338 e. The summed E-state index contributed by atoms with van der Waals surface area (Å²) in [6.45, 7) is 4.47. The van der Waals surface area contributed by atoms with E-state index in [1.165, 1.54) is 16.7 Å². The number of carbonyl (C=O) groups is 2. The van der Waals surface area contributed by atoms with Crippen LogP contribution in [0, 0.1) is 5.92 Å². The summed E-state index contributed by atoms with van der Waals surface area (Å²) in [5.74, 6) is 0.390. The van der Waals surface area contributed by atoms with Crippen LogP contribution in [0.2, 0.25) is 0 Å². The molecule has 0 unspecified atom stereocenters. The normalized spacial score (nSPS) is 11.7. The van der Waals surface area contributed by atoms with Gasteiger partial charge in [-0.1, -0.05) is 50.2 Å². The zero-order valence-corrected chi connectivity index (χ0v) is 17.2. The maximum absolute atomic E-state index is 12.6. The molecule has 152 valence electrons. The van der Waals surface area contributed by atoms with Gasteiger partial charge in [-0.25, -0.2) is 4.79 Å². The minimum Gasteiger partial charge on any atom is -0.493 e. The van der Waals surface area contributed by atoms with Crippen LogP contribution in [0.15, 0.2) is 66.7 Å². The third-order valence-corrected chi connectivity index (χ3v) is 5.13. The van der Waals surface area contributed by atoms with E-state index in [2.05, 4.69) is 26.0 Å². The Hall–Kier alpha value is -3.40. The van der Waals surface area contributed by atoms with E-state index in [0.717, 1.165) is 12.0 Å². The van der Waals surface area contributed by atoms with E-state index < -0.39 is 5.97 Å². The Labute approximate surface area is 176 Å². The summed E-state index contributed by atoms with van der Waals surface area (Å²) in [5, 5.41) is 0. The first-order valence-electron chi connectivity index (χ1n) is 10.2. The van der Waals surface area contributed by atoms with Gasteiger partial charge in [-0.3, -0.25) is 4.79 Å². The fourth-order valence-corrected chi connectivity index (χ4v) is 3.55. The molecule has 0 saturated carbocycles. The van der Waals surface area contributed by atoms with Gasteiger partial charge in [0.2, 0.25) is 0 Å². The molecular formula is C26H24O4. The van der Waals surface area contributed by atoms with Crippen LogP contribution in [0.5, 0.6) is 5.75 Å². The van der Waals surface area contributed by atoms with E-state index in [4.69, 9.17) is 9.47 Å². The largest absolute Gasteiger partial charge is 0.493 e. The van der Waals surface area contributed by atoms with Crippen molar-refractivity contribution in [1.29, 1.82) is 0 Å². The van der Waals surface area contributed by atoms with Crippen molar-refractivity contribution in [2.24, 2.45) is 5.92 Å². The zero-order chi connectivity index (χ0) is 21.1. The Kier molecular flexibility index (Phi) is 5.66. The molecule has 0 fully saturated rings. The molecule has 0 radical (unpaired) electrons. The van der Waals surface area contributed by atoms with Gasteiger partial charge in [-0.15, -0.1) is 0 Å². The molecular weight excluding hydrogens is 376 g/mol. The van der Waals surface area contributed by atoms with Gasteiger partial charge in [0.25, 0.3) is 0 Å². The summed E-state index contributed by atoms with van der Waals surface area (Å²) >= 11 is 0. The second kappa shape index (κ2) is 8.54. The standard InChI is InChI=1S/C26H24O4/c1-17(2)15-29-22-11-9-18(10-12-22)26(28)30-16-25(27)21-8-7-20-13-19-5-3-4-6-23(19)24(20)14-21/h3-12,14,17H,13,15-16H2,1-2H3. The number of esters is 1. The van der Waals surface area contributed by atoms with Crippen molar-refractivity contribution in [2.75, 3.05) is 13.2 Å². The Bertz CT molecular complexity index is 1080. The molecule has 30 heavy (non-hydrogen) atoms. The summed E-state index contributed by atoms with van der Waals surface area (Å²) in [4.78, 5) is 24.9.